The highest BCUT2D eigenvalue weighted by atomic mass is 32.2. The molecule has 2 rings (SSSR count). The molecule has 2 aliphatic heterocycles. The van der Waals surface area contributed by atoms with Crippen LogP contribution in [0.5, 0.6) is 0 Å². The van der Waals surface area contributed by atoms with Crippen LogP contribution in [-0.2, 0) is 19.6 Å². The molecule has 0 saturated carbocycles. The third-order valence-electron chi connectivity index (χ3n) is 3.70. The first-order chi connectivity index (χ1) is 8.79. The molecular weight excluding hydrogens is 270 g/mol. The molecule has 2 fully saturated rings. The summed E-state index contributed by atoms with van der Waals surface area (Å²) < 4.78 is 24.1. The largest absolute Gasteiger partial charge is 0.341 e. The SMILES string of the molecule is CC(=O)N1CC(C(=O)N2CCN(S(C)(=O)=O)CC2)C1. The summed E-state index contributed by atoms with van der Waals surface area (Å²) in [6.07, 6.45) is 1.18. The van der Waals surface area contributed by atoms with E-state index < -0.39 is 10.0 Å². The molecule has 2 aliphatic rings. The Morgan fingerprint density at radius 1 is 1.00 bits per heavy atom. The van der Waals surface area contributed by atoms with Gasteiger partial charge in [0.25, 0.3) is 0 Å². The number of piperazine rings is 1. The van der Waals surface area contributed by atoms with E-state index in [9.17, 15) is 18.0 Å². The number of carbonyl (C=O) groups excluding carboxylic acids is 2. The van der Waals surface area contributed by atoms with Gasteiger partial charge in [0, 0.05) is 46.2 Å². The van der Waals surface area contributed by atoms with Gasteiger partial charge >= 0.3 is 0 Å². The summed E-state index contributed by atoms with van der Waals surface area (Å²) in [4.78, 5) is 26.5. The molecule has 0 N–H and O–H groups in total. The first-order valence-corrected chi connectivity index (χ1v) is 8.13. The Labute approximate surface area is 113 Å². The van der Waals surface area contributed by atoms with Crippen LogP contribution in [0.1, 0.15) is 6.92 Å². The van der Waals surface area contributed by atoms with Gasteiger partial charge in [-0.3, -0.25) is 9.59 Å². The monoisotopic (exact) mass is 289 g/mol. The van der Waals surface area contributed by atoms with Crippen molar-refractivity contribution in [3.63, 3.8) is 0 Å². The molecule has 2 amide bonds. The first-order valence-electron chi connectivity index (χ1n) is 6.28. The first kappa shape index (κ1) is 14.3. The zero-order valence-corrected chi connectivity index (χ0v) is 12.0. The second-order valence-corrected chi connectivity index (χ2v) is 7.09. The molecule has 19 heavy (non-hydrogen) atoms. The second-order valence-electron chi connectivity index (χ2n) is 5.11. The zero-order valence-electron chi connectivity index (χ0n) is 11.2. The fourth-order valence-electron chi connectivity index (χ4n) is 2.39. The van der Waals surface area contributed by atoms with E-state index in [2.05, 4.69) is 0 Å². The van der Waals surface area contributed by atoms with Crippen LogP contribution in [0.4, 0.5) is 0 Å². The van der Waals surface area contributed by atoms with Gasteiger partial charge in [0.2, 0.25) is 21.8 Å². The summed E-state index contributed by atoms with van der Waals surface area (Å²) >= 11 is 0. The topological polar surface area (TPSA) is 78.0 Å². The number of nitrogens with zero attached hydrogens (tertiary/aromatic N) is 3. The van der Waals surface area contributed by atoms with Crippen molar-refractivity contribution in [3.8, 4) is 0 Å². The Balaban J connectivity index is 1.83. The Kier molecular flexibility index (Phi) is 3.82. The normalized spacial score (nSPS) is 22.2. The fourth-order valence-corrected chi connectivity index (χ4v) is 3.22. The quantitative estimate of drug-likeness (QED) is 0.624. The molecule has 0 bridgehead atoms. The molecule has 2 saturated heterocycles. The highest BCUT2D eigenvalue weighted by molar-refractivity contribution is 7.88. The minimum Gasteiger partial charge on any atom is -0.341 e. The predicted molar refractivity (Wildman–Crippen MR) is 68.7 cm³/mol. The summed E-state index contributed by atoms with van der Waals surface area (Å²) in [6.45, 7) is 4.04. The third kappa shape index (κ3) is 3.06. The van der Waals surface area contributed by atoms with Gasteiger partial charge in [0.15, 0.2) is 0 Å². The molecule has 0 aliphatic carbocycles. The van der Waals surface area contributed by atoms with Gasteiger partial charge in [0.05, 0.1) is 12.2 Å². The van der Waals surface area contributed by atoms with E-state index in [1.54, 1.807) is 9.80 Å². The van der Waals surface area contributed by atoms with E-state index in [0.717, 1.165) is 0 Å². The van der Waals surface area contributed by atoms with E-state index >= 15 is 0 Å². The van der Waals surface area contributed by atoms with Gasteiger partial charge in [-0.2, -0.15) is 4.31 Å². The van der Waals surface area contributed by atoms with Crippen LogP contribution in [0.25, 0.3) is 0 Å². The number of hydrogen-bond acceptors (Lipinski definition) is 4. The van der Waals surface area contributed by atoms with Gasteiger partial charge in [-0.05, 0) is 0 Å². The number of hydrogen-bond donors (Lipinski definition) is 0. The van der Waals surface area contributed by atoms with E-state index in [0.29, 0.717) is 39.3 Å². The lowest BCUT2D eigenvalue weighted by molar-refractivity contribution is -0.148. The van der Waals surface area contributed by atoms with Crippen LogP contribution < -0.4 is 0 Å². The standard InChI is InChI=1S/C11H19N3O4S/c1-9(15)13-7-10(8-13)11(16)12-3-5-14(6-4-12)19(2,17)18/h10H,3-8H2,1-2H3. The van der Waals surface area contributed by atoms with Crippen molar-refractivity contribution in [1.82, 2.24) is 14.1 Å². The van der Waals surface area contributed by atoms with E-state index in [1.807, 2.05) is 0 Å². The lowest BCUT2D eigenvalue weighted by atomic mass is 9.98. The van der Waals surface area contributed by atoms with Crippen molar-refractivity contribution < 1.29 is 18.0 Å². The Morgan fingerprint density at radius 2 is 1.53 bits per heavy atom. The maximum absolute atomic E-state index is 12.1. The summed E-state index contributed by atoms with van der Waals surface area (Å²) in [7, 11) is -3.16. The van der Waals surface area contributed by atoms with Crippen molar-refractivity contribution in [2.24, 2.45) is 5.92 Å². The summed E-state index contributed by atoms with van der Waals surface area (Å²) in [5.41, 5.74) is 0. The maximum atomic E-state index is 12.1. The molecule has 0 radical (unpaired) electrons. The lowest BCUT2D eigenvalue weighted by Crippen LogP contribution is -2.59. The highest BCUT2D eigenvalue weighted by Crippen LogP contribution is 2.19. The Hall–Kier alpha value is -1.15. The molecule has 0 aromatic heterocycles. The van der Waals surface area contributed by atoms with Crippen LogP contribution in [0, 0.1) is 5.92 Å². The second kappa shape index (κ2) is 5.09. The van der Waals surface area contributed by atoms with Crippen molar-refractivity contribution in [2.45, 2.75) is 6.92 Å². The van der Waals surface area contributed by atoms with Gasteiger partial charge in [-0.25, -0.2) is 8.42 Å². The maximum Gasteiger partial charge on any atom is 0.229 e. The summed E-state index contributed by atoms with van der Waals surface area (Å²) in [6, 6.07) is 0. The minimum atomic E-state index is -3.16. The molecule has 0 aromatic carbocycles. The number of amides is 2. The number of likely N-dealkylation sites (tertiary alicyclic amines) is 1. The van der Waals surface area contributed by atoms with Crippen molar-refractivity contribution in [3.05, 3.63) is 0 Å². The molecule has 8 heteroatoms. The van der Waals surface area contributed by atoms with E-state index in [-0.39, 0.29) is 17.7 Å². The molecule has 108 valence electrons. The fraction of sp³-hybridized carbons (Fsp3) is 0.818. The van der Waals surface area contributed by atoms with Gasteiger partial charge < -0.3 is 9.80 Å². The van der Waals surface area contributed by atoms with Crippen LogP contribution >= 0.6 is 0 Å². The summed E-state index contributed by atoms with van der Waals surface area (Å²) in [5, 5.41) is 0. The van der Waals surface area contributed by atoms with Gasteiger partial charge in [-0.1, -0.05) is 0 Å². The van der Waals surface area contributed by atoms with Crippen LogP contribution in [0.15, 0.2) is 0 Å². The van der Waals surface area contributed by atoms with Crippen molar-refractivity contribution >= 4 is 21.8 Å². The van der Waals surface area contributed by atoms with Gasteiger partial charge in [0.1, 0.15) is 0 Å². The predicted octanol–water partition coefficient (Wildman–Crippen LogP) is -1.43. The van der Waals surface area contributed by atoms with Crippen molar-refractivity contribution in [1.29, 1.82) is 0 Å². The summed E-state index contributed by atoms with van der Waals surface area (Å²) in [5.74, 6) is -0.0923. The number of carbonyl (C=O) groups is 2. The van der Waals surface area contributed by atoms with Crippen LogP contribution in [0.3, 0.4) is 0 Å². The highest BCUT2D eigenvalue weighted by Gasteiger charge is 2.37. The molecule has 7 nitrogen and oxygen atoms in total. The van der Waals surface area contributed by atoms with Crippen LogP contribution in [0.2, 0.25) is 0 Å². The Bertz CT molecular complexity index is 476. The number of rotatable bonds is 2. The van der Waals surface area contributed by atoms with E-state index in [1.165, 1.54) is 17.5 Å². The average molecular weight is 289 g/mol. The zero-order chi connectivity index (χ0) is 14.2. The molecule has 0 unspecified atom stereocenters. The lowest BCUT2D eigenvalue weighted by Gasteiger charge is -2.42. The molecule has 0 spiro atoms. The van der Waals surface area contributed by atoms with Gasteiger partial charge in [-0.15, -0.1) is 0 Å². The Morgan fingerprint density at radius 3 is 1.95 bits per heavy atom. The van der Waals surface area contributed by atoms with E-state index in [4.69, 9.17) is 0 Å². The molecule has 2 heterocycles. The van der Waals surface area contributed by atoms with Crippen LogP contribution in [-0.4, -0.2) is 79.9 Å². The molecule has 0 atom stereocenters. The third-order valence-corrected chi connectivity index (χ3v) is 5.00. The average Bonchev–Trinajstić information content (AvgIpc) is 2.25. The minimum absolute atomic E-state index is 0.00838. The van der Waals surface area contributed by atoms with Crippen molar-refractivity contribution in [2.75, 3.05) is 45.5 Å². The smallest absolute Gasteiger partial charge is 0.229 e. The molecular formula is C11H19N3O4S. The number of sulfonamides is 1. The molecule has 0 aromatic rings.